The largest absolute Gasteiger partial charge is 0.481 e. The molecular formula is C15H19NO5S. The predicted molar refractivity (Wildman–Crippen MR) is 80.4 cm³/mol. The third-order valence-electron chi connectivity index (χ3n) is 4.12. The molecule has 1 amide bonds. The Morgan fingerprint density at radius 1 is 1.27 bits per heavy atom. The lowest BCUT2D eigenvalue weighted by atomic mass is 9.90. The summed E-state index contributed by atoms with van der Waals surface area (Å²) in [5.41, 5.74) is -0.550. The van der Waals surface area contributed by atoms with Gasteiger partial charge in [0.25, 0.3) is 5.91 Å². The lowest BCUT2D eigenvalue weighted by Gasteiger charge is -2.20. The molecule has 1 aliphatic heterocycles. The van der Waals surface area contributed by atoms with Gasteiger partial charge in [0.2, 0.25) is 0 Å². The Bertz CT molecular complexity index is 695. The molecule has 120 valence electrons. The summed E-state index contributed by atoms with van der Waals surface area (Å²) in [5.74, 6) is -1.18. The van der Waals surface area contributed by atoms with E-state index in [0.717, 1.165) is 0 Å². The second-order valence-electron chi connectivity index (χ2n) is 5.77. The third kappa shape index (κ3) is 2.99. The van der Waals surface area contributed by atoms with Crippen molar-refractivity contribution < 1.29 is 23.1 Å². The number of nitrogens with zero attached hydrogens (tertiary/aromatic N) is 1. The van der Waals surface area contributed by atoms with Gasteiger partial charge in [0.1, 0.15) is 0 Å². The highest BCUT2D eigenvalue weighted by Gasteiger charge is 2.42. The minimum atomic E-state index is -3.29. The standard InChI is InChI=1S/C15H19NO5S/c1-3-22(20,21)12-6-4-11(5-7-12)13(17)16-9-8-15(2,10-16)14(18)19/h4-7H,3,8-10H2,1-2H3,(H,18,19). The summed E-state index contributed by atoms with van der Waals surface area (Å²) >= 11 is 0. The number of aliphatic carboxylic acids is 1. The molecule has 2 rings (SSSR count). The van der Waals surface area contributed by atoms with E-state index in [9.17, 15) is 23.1 Å². The molecule has 1 unspecified atom stereocenters. The first-order chi connectivity index (χ1) is 10.2. The van der Waals surface area contributed by atoms with Gasteiger partial charge in [-0.3, -0.25) is 9.59 Å². The number of hydrogen-bond acceptors (Lipinski definition) is 4. The summed E-state index contributed by atoms with van der Waals surface area (Å²) in [6, 6.07) is 5.78. The summed E-state index contributed by atoms with van der Waals surface area (Å²) in [6.45, 7) is 3.73. The number of hydrogen-bond donors (Lipinski definition) is 1. The smallest absolute Gasteiger partial charge is 0.311 e. The number of carbonyl (C=O) groups is 2. The Hall–Kier alpha value is -1.89. The van der Waals surface area contributed by atoms with Crippen LogP contribution in [0.3, 0.4) is 0 Å². The maximum atomic E-state index is 12.4. The van der Waals surface area contributed by atoms with Crippen molar-refractivity contribution in [2.45, 2.75) is 25.2 Å². The molecule has 0 radical (unpaired) electrons. The number of sulfone groups is 1. The van der Waals surface area contributed by atoms with Gasteiger partial charge in [0.15, 0.2) is 9.84 Å². The van der Waals surface area contributed by atoms with Crippen LogP contribution >= 0.6 is 0 Å². The highest BCUT2D eigenvalue weighted by Crippen LogP contribution is 2.31. The van der Waals surface area contributed by atoms with Crippen LogP contribution in [0.1, 0.15) is 30.6 Å². The molecule has 0 bridgehead atoms. The summed E-state index contributed by atoms with van der Waals surface area (Å²) in [5, 5.41) is 9.19. The Balaban J connectivity index is 2.17. The lowest BCUT2D eigenvalue weighted by Crippen LogP contribution is -2.34. The van der Waals surface area contributed by atoms with Crippen molar-refractivity contribution in [3.05, 3.63) is 29.8 Å². The number of benzene rings is 1. The van der Waals surface area contributed by atoms with Crippen molar-refractivity contribution in [2.75, 3.05) is 18.8 Å². The van der Waals surface area contributed by atoms with Gasteiger partial charge in [-0.25, -0.2) is 8.42 Å². The second kappa shape index (κ2) is 5.72. The van der Waals surface area contributed by atoms with Gasteiger partial charge in [0, 0.05) is 18.7 Å². The zero-order valence-corrected chi connectivity index (χ0v) is 13.4. The molecule has 1 aromatic carbocycles. The minimum absolute atomic E-state index is 0.00336. The SMILES string of the molecule is CCS(=O)(=O)c1ccc(C(=O)N2CCC(C)(C(=O)O)C2)cc1. The Kier molecular flexibility index (Phi) is 4.28. The van der Waals surface area contributed by atoms with Crippen molar-refractivity contribution in [1.29, 1.82) is 0 Å². The average molecular weight is 325 g/mol. The maximum absolute atomic E-state index is 12.4. The molecule has 0 spiro atoms. The van der Waals surface area contributed by atoms with E-state index in [1.54, 1.807) is 13.8 Å². The van der Waals surface area contributed by atoms with E-state index >= 15 is 0 Å². The number of likely N-dealkylation sites (tertiary alicyclic amines) is 1. The van der Waals surface area contributed by atoms with Gasteiger partial charge >= 0.3 is 5.97 Å². The third-order valence-corrected chi connectivity index (χ3v) is 5.87. The van der Waals surface area contributed by atoms with Gasteiger partial charge in [-0.2, -0.15) is 0 Å². The van der Waals surface area contributed by atoms with E-state index in [2.05, 4.69) is 0 Å². The van der Waals surface area contributed by atoms with Gasteiger partial charge in [-0.15, -0.1) is 0 Å². The van der Waals surface area contributed by atoms with Crippen LogP contribution in [0, 0.1) is 5.41 Å². The van der Waals surface area contributed by atoms with Gasteiger partial charge in [-0.1, -0.05) is 6.92 Å². The fraction of sp³-hybridized carbons (Fsp3) is 0.467. The molecule has 1 fully saturated rings. The van der Waals surface area contributed by atoms with Crippen molar-refractivity contribution >= 4 is 21.7 Å². The molecule has 6 nitrogen and oxygen atoms in total. The zero-order chi connectivity index (χ0) is 16.5. The topological polar surface area (TPSA) is 91.8 Å². The first-order valence-corrected chi connectivity index (χ1v) is 8.70. The van der Waals surface area contributed by atoms with Crippen molar-refractivity contribution in [1.82, 2.24) is 4.90 Å². The summed E-state index contributed by atoms with van der Waals surface area (Å²) in [6.07, 6.45) is 0.413. The van der Waals surface area contributed by atoms with Crippen LogP contribution in [0.4, 0.5) is 0 Å². The van der Waals surface area contributed by atoms with Crippen molar-refractivity contribution in [3.8, 4) is 0 Å². The second-order valence-corrected chi connectivity index (χ2v) is 8.05. The molecule has 0 aromatic heterocycles. The van der Waals surface area contributed by atoms with Crippen LogP contribution < -0.4 is 0 Å². The molecule has 1 heterocycles. The summed E-state index contributed by atoms with van der Waals surface area (Å²) in [4.78, 5) is 25.3. The first kappa shape index (κ1) is 16.5. The van der Waals surface area contributed by atoms with E-state index in [0.29, 0.717) is 18.5 Å². The predicted octanol–water partition coefficient (Wildman–Crippen LogP) is 1.42. The van der Waals surface area contributed by atoms with Crippen LogP contribution in [-0.2, 0) is 14.6 Å². The van der Waals surface area contributed by atoms with Gasteiger partial charge < -0.3 is 10.0 Å². The Labute approximate surface area is 129 Å². The number of carboxylic acids is 1. The van der Waals surface area contributed by atoms with E-state index < -0.39 is 21.2 Å². The zero-order valence-electron chi connectivity index (χ0n) is 12.6. The van der Waals surface area contributed by atoms with Crippen LogP contribution in [0.5, 0.6) is 0 Å². The number of carboxylic acid groups (broad SMARTS) is 1. The number of carbonyl (C=O) groups excluding carboxylic acids is 1. The molecule has 1 saturated heterocycles. The molecular weight excluding hydrogens is 306 g/mol. The van der Waals surface area contributed by atoms with Gasteiger partial charge in [-0.05, 0) is 37.6 Å². The van der Waals surface area contributed by atoms with E-state index in [1.807, 2.05) is 0 Å². The van der Waals surface area contributed by atoms with Crippen LogP contribution in [0.15, 0.2) is 29.2 Å². The molecule has 0 aliphatic carbocycles. The summed E-state index contributed by atoms with van der Waals surface area (Å²) < 4.78 is 23.5. The summed E-state index contributed by atoms with van der Waals surface area (Å²) in [7, 11) is -3.29. The van der Waals surface area contributed by atoms with Crippen LogP contribution in [0.2, 0.25) is 0 Å². The van der Waals surface area contributed by atoms with E-state index in [4.69, 9.17) is 0 Å². The average Bonchev–Trinajstić information content (AvgIpc) is 2.90. The lowest BCUT2D eigenvalue weighted by molar-refractivity contribution is -0.147. The molecule has 0 saturated carbocycles. The number of rotatable bonds is 4. The number of amides is 1. The quantitative estimate of drug-likeness (QED) is 0.904. The molecule has 7 heteroatoms. The Morgan fingerprint density at radius 2 is 1.86 bits per heavy atom. The molecule has 22 heavy (non-hydrogen) atoms. The fourth-order valence-electron chi connectivity index (χ4n) is 2.46. The van der Waals surface area contributed by atoms with Crippen molar-refractivity contribution in [3.63, 3.8) is 0 Å². The first-order valence-electron chi connectivity index (χ1n) is 7.05. The normalized spacial score (nSPS) is 21.8. The monoisotopic (exact) mass is 325 g/mol. The van der Waals surface area contributed by atoms with Crippen LogP contribution in [-0.4, -0.2) is 49.1 Å². The maximum Gasteiger partial charge on any atom is 0.311 e. The van der Waals surface area contributed by atoms with Gasteiger partial charge in [0.05, 0.1) is 16.1 Å². The molecule has 1 N–H and O–H groups in total. The highest BCUT2D eigenvalue weighted by molar-refractivity contribution is 7.91. The molecule has 1 aromatic rings. The molecule has 1 atom stereocenters. The minimum Gasteiger partial charge on any atom is -0.481 e. The fourth-order valence-corrected chi connectivity index (χ4v) is 3.35. The van der Waals surface area contributed by atoms with E-state index in [-0.39, 0.29) is 23.1 Å². The Morgan fingerprint density at radius 3 is 2.32 bits per heavy atom. The van der Waals surface area contributed by atoms with Crippen molar-refractivity contribution in [2.24, 2.45) is 5.41 Å². The molecule has 1 aliphatic rings. The van der Waals surface area contributed by atoms with Crippen LogP contribution in [0.25, 0.3) is 0 Å². The highest BCUT2D eigenvalue weighted by atomic mass is 32.2. The van der Waals surface area contributed by atoms with E-state index in [1.165, 1.54) is 29.2 Å².